The van der Waals surface area contributed by atoms with Gasteiger partial charge < -0.3 is 24.7 Å². The topological polar surface area (TPSA) is 107 Å². The lowest BCUT2D eigenvalue weighted by Crippen LogP contribution is -2.93. The number of hydrogen-bond acceptors (Lipinski definition) is 5. The molecule has 0 aliphatic carbocycles. The number of fused-ring (bicyclic) bond motifs is 1. The van der Waals surface area contributed by atoms with Gasteiger partial charge in [-0.2, -0.15) is 0 Å². The second kappa shape index (κ2) is 8.16. The molecule has 0 amide bonds. The summed E-state index contributed by atoms with van der Waals surface area (Å²) >= 11 is 0. The van der Waals surface area contributed by atoms with E-state index in [-0.39, 0.29) is 18.2 Å². The van der Waals surface area contributed by atoms with Crippen LogP contribution in [0.4, 0.5) is 0 Å². The first kappa shape index (κ1) is 19.0. The van der Waals surface area contributed by atoms with Crippen LogP contribution in [-0.2, 0) is 17.8 Å². The zero-order valence-corrected chi connectivity index (χ0v) is 14.9. The average molecular weight is 347 g/mol. The van der Waals surface area contributed by atoms with Crippen molar-refractivity contribution in [1.82, 2.24) is 0 Å². The van der Waals surface area contributed by atoms with Crippen molar-refractivity contribution in [1.29, 1.82) is 0 Å². The molecule has 0 saturated carbocycles. The summed E-state index contributed by atoms with van der Waals surface area (Å²) in [5.41, 5.74) is 1.16. The summed E-state index contributed by atoms with van der Waals surface area (Å²) < 4.78 is 5.34. The van der Waals surface area contributed by atoms with E-state index in [2.05, 4.69) is 0 Å². The Bertz CT molecular complexity index is 811. The van der Waals surface area contributed by atoms with E-state index in [0.717, 1.165) is 23.8 Å². The normalized spacial score (nSPS) is 13.7. The number of aliphatic carboxylic acids is 1. The van der Waals surface area contributed by atoms with Gasteiger partial charge in [0.05, 0.1) is 11.5 Å². The number of carbonyl (C=O) groups excluding carboxylic acids is 1. The fraction of sp³-hybridized carbons (Fsp3) is 0.474. The van der Waals surface area contributed by atoms with Gasteiger partial charge in [0.2, 0.25) is 0 Å². The first-order chi connectivity index (χ1) is 11.9. The van der Waals surface area contributed by atoms with Crippen molar-refractivity contribution in [2.24, 2.45) is 5.92 Å². The highest BCUT2D eigenvalue weighted by Crippen LogP contribution is 2.28. The van der Waals surface area contributed by atoms with Gasteiger partial charge in [0.1, 0.15) is 18.3 Å². The molecule has 1 aromatic heterocycles. The number of benzene rings is 1. The molecule has 6 heteroatoms. The number of nitrogens with two attached hydrogens (primary N) is 1. The maximum absolute atomic E-state index is 11.9. The van der Waals surface area contributed by atoms with Crippen LogP contribution in [0.1, 0.15) is 44.7 Å². The number of carboxylic acid groups (broad SMARTS) is 1. The first-order valence-corrected chi connectivity index (χ1v) is 8.70. The molecule has 136 valence electrons. The quantitative estimate of drug-likeness (QED) is 0.683. The maximum atomic E-state index is 11.9. The predicted molar refractivity (Wildman–Crippen MR) is 92.0 cm³/mol. The van der Waals surface area contributed by atoms with Gasteiger partial charge in [-0.1, -0.05) is 27.2 Å². The Morgan fingerprint density at radius 3 is 2.68 bits per heavy atom. The molecule has 6 nitrogen and oxygen atoms in total. The van der Waals surface area contributed by atoms with Crippen LogP contribution in [0.25, 0.3) is 11.0 Å². The predicted octanol–water partition coefficient (Wildman–Crippen LogP) is 0.679. The number of carboxylic acids is 1. The highest BCUT2D eigenvalue weighted by atomic mass is 16.4. The van der Waals surface area contributed by atoms with E-state index in [1.54, 1.807) is 17.4 Å². The first-order valence-electron chi connectivity index (χ1n) is 8.70. The van der Waals surface area contributed by atoms with Gasteiger partial charge in [0, 0.05) is 17.4 Å². The summed E-state index contributed by atoms with van der Waals surface area (Å²) in [4.78, 5) is 23.3. The van der Waals surface area contributed by atoms with Gasteiger partial charge in [-0.05, 0) is 30.5 Å². The maximum Gasteiger partial charge on any atom is 0.336 e. The zero-order valence-electron chi connectivity index (χ0n) is 14.9. The SMILES string of the molecule is CCCc1cc(=O)oc2c(C[NH2+][C@@H](C(=O)[O-])[C@@H](C)CC)c(O)ccc12. The molecular formula is C19H25NO5. The van der Waals surface area contributed by atoms with E-state index in [1.807, 2.05) is 20.8 Å². The third-order valence-corrected chi connectivity index (χ3v) is 4.70. The van der Waals surface area contributed by atoms with Crippen molar-refractivity contribution in [3.8, 4) is 5.75 Å². The van der Waals surface area contributed by atoms with Gasteiger partial charge in [0.25, 0.3) is 0 Å². The van der Waals surface area contributed by atoms with Gasteiger partial charge >= 0.3 is 5.63 Å². The summed E-state index contributed by atoms with van der Waals surface area (Å²) in [5, 5.41) is 24.0. The molecule has 25 heavy (non-hydrogen) atoms. The Morgan fingerprint density at radius 1 is 1.36 bits per heavy atom. The van der Waals surface area contributed by atoms with Crippen LogP contribution in [0.5, 0.6) is 5.75 Å². The molecule has 2 rings (SSSR count). The van der Waals surface area contributed by atoms with Gasteiger partial charge in [-0.25, -0.2) is 4.79 Å². The van der Waals surface area contributed by atoms with Crippen molar-refractivity contribution in [3.05, 3.63) is 39.7 Å². The number of aryl methyl sites for hydroxylation is 1. The lowest BCUT2D eigenvalue weighted by Gasteiger charge is -2.22. The van der Waals surface area contributed by atoms with E-state index in [9.17, 15) is 19.8 Å². The van der Waals surface area contributed by atoms with E-state index in [4.69, 9.17) is 4.42 Å². The minimum Gasteiger partial charge on any atom is -0.544 e. The second-order valence-corrected chi connectivity index (χ2v) is 6.45. The number of quaternary nitrogens is 1. The average Bonchev–Trinajstić information content (AvgIpc) is 2.56. The van der Waals surface area contributed by atoms with Crippen molar-refractivity contribution >= 4 is 16.9 Å². The minimum absolute atomic E-state index is 0.0122. The highest BCUT2D eigenvalue weighted by Gasteiger charge is 2.22. The minimum atomic E-state index is -1.14. The van der Waals surface area contributed by atoms with Crippen LogP contribution in [0.3, 0.4) is 0 Å². The van der Waals surface area contributed by atoms with Crippen LogP contribution in [0, 0.1) is 5.92 Å². The molecule has 1 heterocycles. The van der Waals surface area contributed by atoms with Crippen LogP contribution in [0.15, 0.2) is 27.4 Å². The lowest BCUT2D eigenvalue weighted by atomic mass is 9.98. The van der Waals surface area contributed by atoms with Crippen molar-refractivity contribution in [2.45, 2.75) is 52.6 Å². The summed E-state index contributed by atoms with van der Waals surface area (Å²) in [6, 6.07) is 4.03. The Hall–Kier alpha value is -2.34. The molecular weight excluding hydrogens is 322 g/mol. The van der Waals surface area contributed by atoms with Gasteiger partial charge in [0.15, 0.2) is 5.58 Å². The molecule has 0 aliphatic rings. The molecule has 0 aliphatic heterocycles. The number of aromatic hydroxyl groups is 1. The Balaban J connectivity index is 2.45. The standard InChI is InChI=1S/C19H25NO5/c1-4-6-12-9-16(22)25-18-13(12)7-8-15(21)14(18)10-20-17(19(23)24)11(3)5-2/h7-9,11,17,20-21H,4-6,10H2,1-3H3,(H,23,24)/t11-,17+/m0/s1. The largest absolute Gasteiger partial charge is 0.544 e. The molecule has 3 N–H and O–H groups in total. The van der Waals surface area contributed by atoms with E-state index in [0.29, 0.717) is 17.6 Å². The third-order valence-electron chi connectivity index (χ3n) is 4.70. The third kappa shape index (κ3) is 4.20. The molecule has 0 bridgehead atoms. The second-order valence-electron chi connectivity index (χ2n) is 6.45. The molecule has 2 aromatic rings. The molecule has 0 fully saturated rings. The number of phenols is 1. The van der Waals surface area contributed by atoms with Crippen LogP contribution >= 0.6 is 0 Å². The van der Waals surface area contributed by atoms with E-state index < -0.39 is 17.6 Å². The summed E-state index contributed by atoms with van der Waals surface area (Å²) in [7, 11) is 0. The summed E-state index contributed by atoms with van der Waals surface area (Å²) in [6.45, 7) is 5.97. The molecule has 0 radical (unpaired) electrons. The number of phenolic OH excluding ortho intramolecular Hbond substituents is 1. The molecule has 0 spiro atoms. The fourth-order valence-electron chi connectivity index (χ4n) is 3.07. The monoisotopic (exact) mass is 347 g/mol. The number of rotatable bonds is 8. The molecule has 2 atom stereocenters. The van der Waals surface area contributed by atoms with Gasteiger partial charge in [-0.15, -0.1) is 0 Å². The highest BCUT2D eigenvalue weighted by molar-refractivity contribution is 5.85. The fourth-order valence-corrected chi connectivity index (χ4v) is 3.07. The Kier molecular flexibility index (Phi) is 6.20. The van der Waals surface area contributed by atoms with Crippen LogP contribution in [-0.4, -0.2) is 17.1 Å². The van der Waals surface area contributed by atoms with E-state index in [1.165, 1.54) is 6.07 Å². The van der Waals surface area contributed by atoms with Crippen molar-refractivity contribution < 1.29 is 24.7 Å². The Morgan fingerprint density at radius 2 is 2.08 bits per heavy atom. The van der Waals surface area contributed by atoms with Gasteiger partial charge in [-0.3, -0.25) is 0 Å². The smallest absolute Gasteiger partial charge is 0.336 e. The molecule has 1 aromatic carbocycles. The van der Waals surface area contributed by atoms with E-state index >= 15 is 0 Å². The zero-order chi connectivity index (χ0) is 18.6. The Labute approximate surface area is 146 Å². The molecule has 0 saturated heterocycles. The number of carbonyl (C=O) groups is 1. The van der Waals surface area contributed by atoms with Crippen molar-refractivity contribution in [2.75, 3.05) is 0 Å². The van der Waals surface area contributed by atoms with Crippen LogP contribution < -0.4 is 16.0 Å². The number of hydrogen-bond donors (Lipinski definition) is 2. The van der Waals surface area contributed by atoms with Crippen molar-refractivity contribution in [3.63, 3.8) is 0 Å². The summed E-state index contributed by atoms with van der Waals surface area (Å²) in [6.07, 6.45) is 2.30. The lowest BCUT2D eigenvalue weighted by molar-refractivity contribution is -0.704. The molecule has 0 unspecified atom stereocenters. The van der Waals surface area contributed by atoms with Crippen LogP contribution in [0.2, 0.25) is 0 Å². The summed E-state index contributed by atoms with van der Waals surface area (Å²) in [5.74, 6) is -1.23.